The van der Waals surface area contributed by atoms with Gasteiger partial charge in [0, 0.05) is 11.3 Å². The van der Waals surface area contributed by atoms with Gasteiger partial charge in [0.1, 0.15) is 0 Å². The van der Waals surface area contributed by atoms with Gasteiger partial charge in [-0.2, -0.15) is 5.10 Å². The summed E-state index contributed by atoms with van der Waals surface area (Å²) in [4.78, 5) is 12.8. The fraction of sp³-hybridized carbons (Fsp3) is 0.238. The van der Waals surface area contributed by atoms with Gasteiger partial charge in [-0.15, -0.1) is 0 Å². The molecule has 29 heavy (non-hydrogen) atoms. The summed E-state index contributed by atoms with van der Waals surface area (Å²) >= 11 is 0. The molecule has 0 spiro atoms. The van der Waals surface area contributed by atoms with E-state index in [0.717, 1.165) is 16.9 Å². The normalized spacial score (nSPS) is 11.3. The summed E-state index contributed by atoms with van der Waals surface area (Å²) in [5, 5.41) is 7.45. The number of nitrogens with one attached hydrogen (secondary N) is 2. The molecule has 0 aliphatic rings. The number of amides is 1. The van der Waals surface area contributed by atoms with Crippen molar-refractivity contribution in [2.75, 3.05) is 15.8 Å². The van der Waals surface area contributed by atoms with Crippen molar-refractivity contribution in [1.29, 1.82) is 0 Å². The lowest BCUT2D eigenvalue weighted by Crippen LogP contribution is -2.16. The molecule has 0 aliphatic heterocycles. The predicted octanol–water partition coefficient (Wildman–Crippen LogP) is 3.81. The summed E-state index contributed by atoms with van der Waals surface area (Å²) in [5.41, 5.74) is 4.90. The molecule has 1 amide bonds. The number of hydrogen-bond acceptors (Lipinski definition) is 4. The van der Waals surface area contributed by atoms with E-state index in [1.165, 1.54) is 6.07 Å². The Morgan fingerprint density at radius 3 is 2.41 bits per heavy atom. The van der Waals surface area contributed by atoms with Gasteiger partial charge in [-0.3, -0.25) is 9.52 Å². The fourth-order valence-electron chi connectivity index (χ4n) is 2.92. The maximum absolute atomic E-state index is 12.8. The molecular weight excluding hydrogens is 388 g/mol. The van der Waals surface area contributed by atoms with Gasteiger partial charge in [-0.1, -0.05) is 23.8 Å². The van der Waals surface area contributed by atoms with Gasteiger partial charge in [0.2, 0.25) is 10.0 Å². The zero-order valence-corrected chi connectivity index (χ0v) is 17.7. The van der Waals surface area contributed by atoms with Crippen LogP contribution in [0.5, 0.6) is 0 Å². The van der Waals surface area contributed by atoms with Crippen LogP contribution < -0.4 is 10.0 Å². The van der Waals surface area contributed by atoms with E-state index < -0.39 is 10.0 Å². The number of benzene rings is 2. The van der Waals surface area contributed by atoms with Crippen molar-refractivity contribution in [2.45, 2.75) is 27.7 Å². The van der Waals surface area contributed by atoms with Crippen LogP contribution >= 0.6 is 0 Å². The molecule has 1 heterocycles. The lowest BCUT2D eigenvalue weighted by molar-refractivity contribution is 0.102. The Balaban J connectivity index is 1.85. The van der Waals surface area contributed by atoms with Gasteiger partial charge in [0.25, 0.3) is 5.91 Å². The molecule has 0 aliphatic carbocycles. The minimum Gasteiger partial charge on any atom is -0.319 e. The minimum atomic E-state index is -3.41. The molecule has 2 aromatic carbocycles. The Labute approximate surface area is 170 Å². The Morgan fingerprint density at radius 1 is 1.07 bits per heavy atom. The molecule has 3 rings (SSSR count). The SMILES string of the molecule is CCS(=O)(=O)Nc1cccc(C(=O)Nc2c(C)nn(-c3ccc(C)cc3)c2C)c1. The smallest absolute Gasteiger partial charge is 0.255 e. The summed E-state index contributed by atoms with van der Waals surface area (Å²) in [6, 6.07) is 14.4. The largest absolute Gasteiger partial charge is 0.319 e. The van der Waals surface area contributed by atoms with Crippen LogP contribution in [0.1, 0.15) is 34.2 Å². The van der Waals surface area contributed by atoms with Gasteiger partial charge in [-0.25, -0.2) is 13.1 Å². The number of aromatic nitrogens is 2. The van der Waals surface area contributed by atoms with Crippen LogP contribution in [0.25, 0.3) is 5.69 Å². The second kappa shape index (κ2) is 8.08. The van der Waals surface area contributed by atoms with Crippen molar-refractivity contribution >= 4 is 27.3 Å². The standard InChI is InChI=1S/C21H24N4O3S/c1-5-29(27,28)24-18-8-6-7-17(13-18)21(26)22-20-15(3)23-25(16(20)4)19-11-9-14(2)10-12-19/h6-13,24H,5H2,1-4H3,(H,22,26). The van der Waals surface area contributed by atoms with Crippen molar-refractivity contribution in [3.05, 3.63) is 71.0 Å². The number of sulfonamides is 1. The first-order valence-corrected chi connectivity index (χ1v) is 10.9. The molecule has 0 radical (unpaired) electrons. The van der Waals surface area contributed by atoms with E-state index >= 15 is 0 Å². The third-order valence-corrected chi connectivity index (χ3v) is 5.89. The van der Waals surface area contributed by atoms with E-state index in [0.29, 0.717) is 22.6 Å². The van der Waals surface area contributed by atoms with E-state index in [2.05, 4.69) is 15.1 Å². The van der Waals surface area contributed by atoms with Gasteiger partial charge in [-0.05, 0) is 58.0 Å². The zero-order valence-electron chi connectivity index (χ0n) is 16.9. The highest BCUT2D eigenvalue weighted by Crippen LogP contribution is 2.24. The predicted molar refractivity (Wildman–Crippen MR) is 115 cm³/mol. The molecule has 0 unspecified atom stereocenters. The molecule has 8 heteroatoms. The second-order valence-corrected chi connectivity index (χ2v) is 8.84. The molecule has 2 N–H and O–H groups in total. The van der Waals surface area contributed by atoms with Crippen molar-refractivity contribution in [3.8, 4) is 5.69 Å². The minimum absolute atomic E-state index is 0.0417. The van der Waals surface area contributed by atoms with E-state index in [1.807, 2.05) is 45.0 Å². The molecule has 0 bridgehead atoms. The third kappa shape index (κ3) is 4.65. The van der Waals surface area contributed by atoms with Crippen LogP contribution in [-0.2, 0) is 10.0 Å². The summed E-state index contributed by atoms with van der Waals surface area (Å²) in [5.74, 6) is -0.378. The summed E-state index contributed by atoms with van der Waals surface area (Å²) in [6.45, 7) is 7.29. The van der Waals surface area contributed by atoms with Crippen LogP contribution in [0.15, 0.2) is 48.5 Å². The van der Waals surface area contributed by atoms with Gasteiger partial charge in [0.15, 0.2) is 0 Å². The Bertz CT molecular complexity index is 1150. The summed E-state index contributed by atoms with van der Waals surface area (Å²) in [6.07, 6.45) is 0. The maximum Gasteiger partial charge on any atom is 0.255 e. The first-order chi connectivity index (χ1) is 13.7. The highest BCUT2D eigenvalue weighted by atomic mass is 32.2. The monoisotopic (exact) mass is 412 g/mol. The molecule has 7 nitrogen and oxygen atoms in total. The van der Waals surface area contributed by atoms with E-state index in [-0.39, 0.29) is 11.7 Å². The Hall–Kier alpha value is -3.13. The van der Waals surface area contributed by atoms with Crippen molar-refractivity contribution in [1.82, 2.24) is 9.78 Å². The fourth-order valence-corrected chi connectivity index (χ4v) is 3.55. The summed E-state index contributed by atoms with van der Waals surface area (Å²) in [7, 11) is -3.41. The molecule has 3 aromatic rings. The lowest BCUT2D eigenvalue weighted by atomic mass is 10.2. The number of hydrogen-bond donors (Lipinski definition) is 2. The lowest BCUT2D eigenvalue weighted by Gasteiger charge is -2.10. The third-order valence-electron chi connectivity index (χ3n) is 4.59. The van der Waals surface area contributed by atoms with Crippen LogP contribution in [-0.4, -0.2) is 29.9 Å². The average molecular weight is 413 g/mol. The topological polar surface area (TPSA) is 93.1 Å². The first-order valence-electron chi connectivity index (χ1n) is 9.25. The Kier molecular flexibility index (Phi) is 5.74. The van der Waals surface area contributed by atoms with Crippen LogP contribution in [0.4, 0.5) is 11.4 Å². The highest BCUT2D eigenvalue weighted by molar-refractivity contribution is 7.92. The molecule has 1 aromatic heterocycles. The quantitative estimate of drug-likeness (QED) is 0.644. The van der Waals surface area contributed by atoms with Crippen LogP contribution in [0.3, 0.4) is 0 Å². The number of carbonyl (C=O) groups is 1. The maximum atomic E-state index is 12.8. The summed E-state index contributed by atoms with van der Waals surface area (Å²) < 4.78 is 27.8. The van der Waals surface area contributed by atoms with E-state index in [9.17, 15) is 13.2 Å². The van der Waals surface area contributed by atoms with Gasteiger partial charge in [0.05, 0.1) is 28.5 Å². The highest BCUT2D eigenvalue weighted by Gasteiger charge is 2.17. The molecular formula is C21H24N4O3S. The van der Waals surface area contributed by atoms with Gasteiger partial charge < -0.3 is 5.32 Å². The first kappa shape index (κ1) is 20.6. The zero-order chi connectivity index (χ0) is 21.2. The number of aryl methyl sites for hydroxylation is 2. The number of anilines is 2. The van der Waals surface area contributed by atoms with Crippen molar-refractivity contribution in [3.63, 3.8) is 0 Å². The molecule has 0 atom stereocenters. The number of carbonyl (C=O) groups excluding carboxylic acids is 1. The van der Waals surface area contributed by atoms with Crippen LogP contribution in [0, 0.1) is 20.8 Å². The molecule has 0 saturated carbocycles. The van der Waals surface area contributed by atoms with E-state index in [1.54, 1.807) is 29.8 Å². The Morgan fingerprint density at radius 2 is 1.76 bits per heavy atom. The number of rotatable bonds is 6. The number of nitrogens with zero attached hydrogens (tertiary/aromatic N) is 2. The molecule has 152 valence electrons. The average Bonchev–Trinajstić information content (AvgIpc) is 2.96. The van der Waals surface area contributed by atoms with Gasteiger partial charge >= 0.3 is 0 Å². The van der Waals surface area contributed by atoms with E-state index in [4.69, 9.17) is 0 Å². The second-order valence-electron chi connectivity index (χ2n) is 6.83. The van der Waals surface area contributed by atoms with Crippen LogP contribution in [0.2, 0.25) is 0 Å². The molecule has 0 saturated heterocycles. The van der Waals surface area contributed by atoms with Crippen molar-refractivity contribution in [2.24, 2.45) is 0 Å². The van der Waals surface area contributed by atoms with Crippen molar-refractivity contribution < 1.29 is 13.2 Å². The molecule has 0 fully saturated rings.